The van der Waals surface area contributed by atoms with Crippen LogP contribution in [0.1, 0.15) is 6.92 Å². The van der Waals surface area contributed by atoms with Crippen molar-refractivity contribution in [1.29, 1.82) is 0 Å². The average Bonchev–Trinajstić information content (AvgIpc) is 2.68. The van der Waals surface area contributed by atoms with Crippen LogP contribution < -0.4 is 0 Å². The number of amides is 1. The summed E-state index contributed by atoms with van der Waals surface area (Å²) in [6.45, 7) is 2.45. The molecule has 5 nitrogen and oxygen atoms in total. The van der Waals surface area contributed by atoms with Gasteiger partial charge in [-0.1, -0.05) is 0 Å². The molecule has 14 heavy (non-hydrogen) atoms. The highest BCUT2D eigenvalue weighted by Gasteiger charge is 2.16. The van der Waals surface area contributed by atoms with Crippen LogP contribution in [0.3, 0.4) is 0 Å². The Kier molecular flexibility index (Phi) is 3.64. The van der Waals surface area contributed by atoms with Gasteiger partial charge in [0.1, 0.15) is 6.33 Å². The molecule has 0 bridgehead atoms. The summed E-state index contributed by atoms with van der Waals surface area (Å²) in [5.41, 5.74) is 0. The van der Waals surface area contributed by atoms with Crippen molar-refractivity contribution in [3.8, 4) is 0 Å². The SMILES string of the molecule is COCC(C)N(C)C(=O)n1ccnc1. The first kappa shape index (κ1) is 10.7. The predicted octanol–water partition coefficient (Wildman–Crippen LogP) is 0.818. The molecule has 0 aliphatic heterocycles. The van der Waals surface area contributed by atoms with E-state index in [1.807, 2.05) is 6.92 Å². The molecule has 0 fully saturated rings. The number of ether oxygens (including phenoxy) is 1. The second kappa shape index (κ2) is 4.76. The average molecular weight is 197 g/mol. The van der Waals surface area contributed by atoms with Crippen molar-refractivity contribution in [3.05, 3.63) is 18.7 Å². The van der Waals surface area contributed by atoms with Crippen molar-refractivity contribution in [1.82, 2.24) is 14.5 Å². The summed E-state index contributed by atoms with van der Waals surface area (Å²) in [6, 6.07) is -0.0537. The van der Waals surface area contributed by atoms with E-state index in [2.05, 4.69) is 4.98 Å². The highest BCUT2D eigenvalue weighted by atomic mass is 16.5. The van der Waals surface area contributed by atoms with E-state index in [0.717, 1.165) is 0 Å². The Balaban J connectivity index is 2.61. The summed E-state index contributed by atoms with van der Waals surface area (Å²) >= 11 is 0. The maximum Gasteiger partial charge on any atom is 0.329 e. The molecular formula is C9H15N3O2. The zero-order valence-corrected chi connectivity index (χ0v) is 8.67. The maximum absolute atomic E-state index is 11.7. The molecule has 0 saturated carbocycles. The topological polar surface area (TPSA) is 47.4 Å². The first-order valence-corrected chi connectivity index (χ1v) is 4.41. The number of rotatable bonds is 3. The predicted molar refractivity (Wildman–Crippen MR) is 52.1 cm³/mol. The molecule has 5 heteroatoms. The number of hydrogen-bond donors (Lipinski definition) is 0. The minimum atomic E-state index is -0.105. The van der Waals surface area contributed by atoms with Gasteiger partial charge in [-0.2, -0.15) is 0 Å². The van der Waals surface area contributed by atoms with Crippen LogP contribution in [0.2, 0.25) is 0 Å². The van der Waals surface area contributed by atoms with Crippen molar-refractivity contribution in [2.75, 3.05) is 20.8 Å². The van der Waals surface area contributed by atoms with Gasteiger partial charge >= 0.3 is 6.03 Å². The highest BCUT2D eigenvalue weighted by molar-refractivity contribution is 5.76. The van der Waals surface area contributed by atoms with Crippen LogP contribution in [0.5, 0.6) is 0 Å². The third kappa shape index (κ3) is 2.32. The van der Waals surface area contributed by atoms with Crippen molar-refractivity contribution in [3.63, 3.8) is 0 Å². The van der Waals surface area contributed by atoms with Crippen molar-refractivity contribution >= 4 is 6.03 Å². The van der Waals surface area contributed by atoms with Gasteiger partial charge in [0, 0.05) is 26.6 Å². The van der Waals surface area contributed by atoms with E-state index in [-0.39, 0.29) is 12.1 Å². The molecule has 0 aliphatic rings. The standard InChI is InChI=1S/C9H15N3O2/c1-8(6-14-3)11(2)9(13)12-5-4-10-7-12/h4-5,7-8H,6H2,1-3H3. The van der Waals surface area contributed by atoms with E-state index in [4.69, 9.17) is 4.74 Å². The Morgan fingerprint density at radius 3 is 2.93 bits per heavy atom. The van der Waals surface area contributed by atoms with Crippen LogP contribution in [0.15, 0.2) is 18.7 Å². The molecule has 0 aliphatic carbocycles. The van der Waals surface area contributed by atoms with Crippen LogP contribution in [0, 0.1) is 0 Å². The number of carbonyl (C=O) groups excluding carboxylic acids is 1. The van der Waals surface area contributed by atoms with Crippen molar-refractivity contribution < 1.29 is 9.53 Å². The van der Waals surface area contributed by atoms with Crippen LogP contribution in [0.4, 0.5) is 4.79 Å². The number of aromatic nitrogens is 2. The van der Waals surface area contributed by atoms with Crippen LogP contribution in [-0.2, 0) is 4.74 Å². The summed E-state index contributed by atoms with van der Waals surface area (Å²) in [5, 5.41) is 0. The fourth-order valence-electron chi connectivity index (χ4n) is 1.10. The van der Waals surface area contributed by atoms with Crippen molar-refractivity contribution in [2.24, 2.45) is 0 Å². The highest BCUT2D eigenvalue weighted by Crippen LogP contribution is 2.00. The van der Waals surface area contributed by atoms with Gasteiger partial charge in [0.2, 0.25) is 0 Å². The van der Waals surface area contributed by atoms with Crippen LogP contribution >= 0.6 is 0 Å². The quantitative estimate of drug-likeness (QED) is 0.720. The molecular weight excluding hydrogens is 182 g/mol. The van der Waals surface area contributed by atoms with E-state index in [1.165, 1.54) is 10.9 Å². The number of nitrogens with zero attached hydrogens (tertiary/aromatic N) is 3. The monoisotopic (exact) mass is 197 g/mol. The molecule has 0 radical (unpaired) electrons. The second-order valence-electron chi connectivity index (χ2n) is 3.17. The van der Waals surface area contributed by atoms with Gasteiger partial charge in [-0.15, -0.1) is 0 Å². The van der Waals surface area contributed by atoms with Gasteiger partial charge in [-0.3, -0.25) is 4.57 Å². The normalized spacial score (nSPS) is 12.5. The molecule has 1 aromatic rings. The van der Waals surface area contributed by atoms with Gasteiger partial charge in [-0.05, 0) is 6.92 Å². The van der Waals surface area contributed by atoms with E-state index >= 15 is 0 Å². The molecule has 0 N–H and O–H groups in total. The smallest absolute Gasteiger partial charge is 0.329 e. The minimum absolute atomic E-state index is 0.0508. The van der Waals surface area contributed by atoms with Crippen LogP contribution in [-0.4, -0.2) is 47.3 Å². The number of likely N-dealkylation sites (N-methyl/N-ethyl adjacent to an activating group) is 1. The molecule has 1 aromatic heterocycles. The number of imidazole rings is 1. The van der Waals surface area contributed by atoms with E-state index in [1.54, 1.807) is 31.5 Å². The summed E-state index contributed by atoms with van der Waals surface area (Å²) in [5.74, 6) is 0. The number of carbonyl (C=O) groups is 1. The molecule has 1 heterocycles. The fourth-order valence-corrected chi connectivity index (χ4v) is 1.10. The Hall–Kier alpha value is -1.36. The first-order valence-electron chi connectivity index (χ1n) is 4.41. The molecule has 1 unspecified atom stereocenters. The molecule has 1 amide bonds. The molecule has 78 valence electrons. The third-order valence-electron chi connectivity index (χ3n) is 2.10. The van der Waals surface area contributed by atoms with E-state index in [0.29, 0.717) is 6.61 Å². The van der Waals surface area contributed by atoms with Gasteiger partial charge in [0.05, 0.1) is 12.6 Å². The minimum Gasteiger partial charge on any atom is -0.383 e. The third-order valence-corrected chi connectivity index (χ3v) is 2.10. The summed E-state index contributed by atoms with van der Waals surface area (Å²) < 4.78 is 6.41. The molecule has 1 atom stereocenters. The molecule has 0 saturated heterocycles. The maximum atomic E-state index is 11.7. The van der Waals surface area contributed by atoms with Gasteiger partial charge in [0.25, 0.3) is 0 Å². The first-order chi connectivity index (χ1) is 6.66. The van der Waals surface area contributed by atoms with E-state index < -0.39 is 0 Å². The lowest BCUT2D eigenvalue weighted by atomic mass is 10.3. The Morgan fingerprint density at radius 2 is 2.43 bits per heavy atom. The van der Waals surface area contributed by atoms with E-state index in [9.17, 15) is 4.79 Å². The van der Waals surface area contributed by atoms with Gasteiger partial charge in [-0.25, -0.2) is 9.78 Å². The Bertz CT molecular complexity index is 284. The Labute approximate surface area is 83.3 Å². The van der Waals surface area contributed by atoms with Crippen molar-refractivity contribution in [2.45, 2.75) is 13.0 Å². The second-order valence-corrected chi connectivity index (χ2v) is 3.17. The summed E-state index contributed by atoms with van der Waals surface area (Å²) in [4.78, 5) is 17.1. The fraction of sp³-hybridized carbons (Fsp3) is 0.556. The number of methoxy groups -OCH3 is 1. The number of hydrogen-bond acceptors (Lipinski definition) is 3. The molecule has 0 spiro atoms. The zero-order valence-electron chi connectivity index (χ0n) is 8.67. The largest absolute Gasteiger partial charge is 0.383 e. The van der Waals surface area contributed by atoms with Gasteiger partial charge in [0.15, 0.2) is 0 Å². The molecule has 1 rings (SSSR count). The van der Waals surface area contributed by atoms with Gasteiger partial charge < -0.3 is 9.64 Å². The molecule has 0 aromatic carbocycles. The lowest BCUT2D eigenvalue weighted by Gasteiger charge is -2.23. The Morgan fingerprint density at radius 1 is 1.71 bits per heavy atom. The summed E-state index contributed by atoms with van der Waals surface area (Å²) in [6.07, 6.45) is 4.68. The summed E-state index contributed by atoms with van der Waals surface area (Å²) in [7, 11) is 3.36. The van der Waals surface area contributed by atoms with Crippen LogP contribution in [0.25, 0.3) is 0 Å². The lowest BCUT2D eigenvalue weighted by Crippen LogP contribution is -2.39. The zero-order chi connectivity index (χ0) is 10.6. The lowest BCUT2D eigenvalue weighted by molar-refractivity contribution is 0.124.